The summed E-state index contributed by atoms with van der Waals surface area (Å²) >= 11 is 0. The number of methoxy groups -OCH3 is 1. The van der Waals surface area contributed by atoms with Crippen LogP contribution in [0.5, 0.6) is 0 Å². The standard InChI is InChI=1S/C13H15NO3/c1-9(14-13(15)8-16-2)12-7-10-5-3-4-6-11(10)17-12/h3-7,9H,8H2,1-2H3,(H,14,15)/t9-/m0/s1. The highest BCUT2D eigenvalue weighted by atomic mass is 16.5. The Morgan fingerprint density at radius 2 is 2.24 bits per heavy atom. The van der Waals surface area contributed by atoms with E-state index in [1.54, 1.807) is 0 Å². The Bertz CT molecular complexity index is 485. The molecule has 0 saturated carbocycles. The van der Waals surface area contributed by atoms with Gasteiger partial charge in [-0.1, -0.05) is 18.2 Å². The molecule has 1 aromatic carbocycles. The molecular formula is C13H15NO3. The number of carbonyl (C=O) groups excluding carboxylic acids is 1. The first-order chi connectivity index (χ1) is 8.20. The molecule has 0 unspecified atom stereocenters. The molecule has 0 aliphatic carbocycles. The van der Waals surface area contributed by atoms with Crippen LogP contribution in [0.25, 0.3) is 11.0 Å². The van der Waals surface area contributed by atoms with Gasteiger partial charge in [-0.25, -0.2) is 0 Å². The number of nitrogens with one attached hydrogen (secondary N) is 1. The molecule has 1 amide bonds. The minimum atomic E-state index is -0.162. The third-order valence-electron chi connectivity index (χ3n) is 2.52. The van der Waals surface area contributed by atoms with Gasteiger partial charge in [0.1, 0.15) is 18.0 Å². The minimum absolute atomic E-state index is 0.0601. The Morgan fingerprint density at radius 3 is 2.94 bits per heavy atom. The third-order valence-corrected chi connectivity index (χ3v) is 2.52. The maximum Gasteiger partial charge on any atom is 0.246 e. The highest BCUT2D eigenvalue weighted by Gasteiger charge is 2.13. The predicted molar refractivity (Wildman–Crippen MR) is 64.6 cm³/mol. The van der Waals surface area contributed by atoms with Gasteiger partial charge in [0, 0.05) is 12.5 Å². The average Bonchev–Trinajstić information content (AvgIpc) is 2.72. The summed E-state index contributed by atoms with van der Waals surface area (Å²) in [6.07, 6.45) is 0. The van der Waals surface area contributed by atoms with E-state index >= 15 is 0 Å². The van der Waals surface area contributed by atoms with E-state index in [2.05, 4.69) is 5.32 Å². The number of para-hydroxylation sites is 1. The summed E-state index contributed by atoms with van der Waals surface area (Å²) in [5.41, 5.74) is 0.829. The van der Waals surface area contributed by atoms with E-state index in [-0.39, 0.29) is 18.6 Å². The Morgan fingerprint density at radius 1 is 1.47 bits per heavy atom. The zero-order valence-corrected chi connectivity index (χ0v) is 9.90. The summed E-state index contributed by atoms with van der Waals surface area (Å²) in [4.78, 5) is 11.4. The first-order valence-corrected chi connectivity index (χ1v) is 5.47. The largest absolute Gasteiger partial charge is 0.459 e. The van der Waals surface area contributed by atoms with Crippen molar-refractivity contribution in [2.45, 2.75) is 13.0 Å². The van der Waals surface area contributed by atoms with Crippen molar-refractivity contribution >= 4 is 16.9 Å². The van der Waals surface area contributed by atoms with Gasteiger partial charge in [-0.3, -0.25) is 4.79 Å². The van der Waals surface area contributed by atoms with Gasteiger partial charge >= 0.3 is 0 Å². The van der Waals surface area contributed by atoms with Crippen molar-refractivity contribution in [1.29, 1.82) is 0 Å². The third kappa shape index (κ3) is 2.65. The quantitative estimate of drug-likeness (QED) is 0.881. The lowest BCUT2D eigenvalue weighted by Gasteiger charge is -2.10. The number of ether oxygens (including phenoxy) is 1. The van der Waals surface area contributed by atoms with Crippen molar-refractivity contribution in [2.24, 2.45) is 0 Å². The molecule has 1 atom stereocenters. The monoisotopic (exact) mass is 233 g/mol. The maximum absolute atomic E-state index is 11.4. The van der Waals surface area contributed by atoms with Crippen LogP contribution in [0.15, 0.2) is 34.7 Å². The summed E-state index contributed by atoms with van der Waals surface area (Å²) in [5.74, 6) is 0.594. The summed E-state index contributed by atoms with van der Waals surface area (Å²) in [6.45, 7) is 1.94. The molecule has 2 rings (SSSR count). The fourth-order valence-electron chi connectivity index (χ4n) is 1.70. The topological polar surface area (TPSA) is 51.5 Å². The van der Waals surface area contributed by atoms with Crippen LogP contribution in [0.2, 0.25) is 0 Å². The number of rotatable bonds is 4. The van der Waals surface area contributed by atoms with Crippen LogP contribution in [-0.4, -0.2) is 19.6 Å². The molecule has 1 heterocycles. The summed E-state index contributed by atoms with van der Waals surface area (Å²) in [7, 11) is 1.49. The van der Waals surface area contributed by atoms with Crippen molar-refractivity contribution < 1.29 is 13.9 Å². The Hall–Kier alpha value is -1.81. The first-order valence-electron chi connectivity index (χ1n) is 5.47. The van der Waals surface area contributed by atoms with Crippen molar-refractivity contribution in [3.63, 3.8) is 0 Å². The fourth-order valence-corrected chi connectivity index (χ4v) is 1.70. The number of amides is 1. The van der Waals surface area contributed by atoms with Crippen LogP contribution >= 0.6 is 0 Å². The molecule has 1 N–H and O–H groups in total. The van der Waals surface area contributed by atoms with E-state index in [1.165, 1.54) is 7.11 Å². The van der Waals surface area contributed by atoms with E-state index in [0.717, 1.165) is 16.7 Å². The number of benzene rings is 1. The molecular weight excluding hydrogens is 218 g/mol. The number of carbonyl (C=O) groups is 1. The lowest BCUT2D eigenvalue weighted by Crippen LogP contribution is -2.29. The average molecular weight is 233 g/mol. The molecule has 0 bridgehead atoms. The summed E-state index contributed by atoms with van der Waals surface area (Å²) < 4.78 is 10.4. The molecule has 90 valence electrons. The van der Waals surface area contributed by atoms with Gasteiger partial charge in [-0.05, 0) is 19.1 Å². The molecule has 0 aliphatic heterocycles. The van der Waals surface area contributed by atoms with Gasteiger partial charge in [-0.15, -0.1) is 0 Å². The molecule has 1 aromatic heterocycles. The van der Waals surface area contributed by atoms with Crippen molar-refractivity contribution in [3.05, 3.63) is 36.1 Å². The van der Waals surface area contributed by atoms with Gasteiger partial charge in [0.25, 0.3) is 0 Å². The van der Waals surface area contributed by atoms with Gasteiger partial charge < -0.3 is 14.5 Å². The summed E-state index contributed by atoms with van der Waals surface area (Å²) in [5, 5.41) is 3.84. The molecule has 0 spiro atoms. The normalized spacial score (nSPS) is 12.6. The molecule has 0 saturated heterocycles. The summed E-state index contributed by atoms with van der Waals surface area (Å²) in [6, 6.07) is 9.53. The SMILES string of the molecule is COCC(=O)N[C@@H](C)c1cc2ccccc2o1. The first kappa shape index (κ1) is 11.7. The Balaban J connectivity index is 2.13. The molecule has 0 radical (unpaired) electrons. The maximum atomic E-state index is 11.4. The van der Waals surface area contributed by atoms with Crippen LogP contribution in [-0.2, 0) is 9.53 Å². The molecule has 17 heavy (non-hydrogen) atoms. The van der Waals surface area contributed by atoms with E-state index in [9.17, 15) is 4.79 Å². The number of hydrogen-bond donors (Lipinski definition) is 1. The fraction of sp³-hybridized carbons (Fsp3) is 0.308. The van der Waals surface area contributed by atoms with Crippen LogP contribution < -0.4 is 5.32 Å². The Labute approximate surface area is 99.6 Å². The molecule has 4 nitrogen and oxygen atoms in total. The molecule has 2 aromatic rings. The second-order valence-corrected chi connectivity index (χ2v) is 3.91. The van der Waals surface area contributed by atoms with Gasteiger partial charge in [-0.2, -0.15) is 0 Å². The second kappa shape index (κ2) is 5.01. The lowest BCUT2D eigenvalue weighted by atomic mass is 10.2. The second-order valence-electron chi connectivity index (χ2n) is 3.91. The minimum Gasteiger partial charge on any atom is -0.459 e. The lowest BCUT2D eigenvalue weighted by molar-refractivity contribution is -0.125. The molecule has 0 fully saturated rings. The van der Waals surface area contributed by atoms with Crippen molar-refractivity contribution in [3.8, 4) is 0 Å². The van der Waals surface area contributed by atoms with Gasteiger partial charge in [0.15, 0.2) is 0 Å². The van der Waals surface area contributed by atoms with E-state index in [0.29, 0.717) is 0 Å². The van der Waals surface area contributed by atoms with Crippen LogP contribution in [0.1, 0.15) is 18.7 Å². The smallest absolute Gasteiger partial charge is 0.246 e. The van der Waals surface area contributed by atoms with Gasteiger partial charge in [0.2, 0.25) is 5.91 Å². The predicted octanol–water partition coefficient (Wildman–Crippen LogP) is 2.26. The van der Waals surface area contributed by atoms with Crippen molar-refractivity contribution in [1.82, 2.24) is 5.32 Å². The van der Waals surface area contributed by atoms with Crippen LogP contribution in [0, 0.1) is 0 Å². The molecule has 0 aliphatic rings. The van der Waals surface area contributed by atoms with Crippen LogP contribution in [0.3, 0.4) is 0 Å². The number of furan rings is 1. The van der Waals surface area contributed by atoms with Gasteiger partial charge in [0.05, 0.1) is 6.04 Å². The number of hydrogen-bond acceptors (Lipinski definition) is 3. The highest BCUT2D eigenvalue weighted by Crippen LogP contribution is 2.23. The Kier molecular flexibility index (Phi) is 3.44. The van der Waals surface area contributed by atoms with E-state index in [1.807, 2.05) is 37.3 Å². The van der Waals surface area contributed by atoms with E-state index < -0.39 is 0 Å². The zero-order chi connectivity index (χ0) is 12.3. The highest BCUT2D eigenvalue weighted by molar-refractivity contribution is 5.79. The van der Waals surface area contributed by atoms with E-state index in [4.69, 9.17) is 9.15 Å². The molecule has 4 heteroatoms. The number of fused-ring (bicyclic) bond motifs is 1. The van der Waals surface area contributed by atoms with Crippen molar-refractivity contribution in [2.75, 3.05) is 13.7 Å². The zero-order valence-electron chi connectivity index (χ0n) is 9.90. The van der Waals surface area contributed by atoms with Crippen LogP contribution in [0.4, 0.5) is 0 Å².